The molecule has 0 fully saturated rings. The Balaban J connectivity index is 3.35. The van der Waals surface area contributed by atoms with Crippen molar-refractivity contribution in [3.05, 3.63) is 20.9 Å². The lowest BCUT2D eigenvalue weighted by atomic mass is 10.1. The zero-order valence-electron chi connectivity index (χ0n) is 7.13. The molecule has 0 unspecified atom stereocenters. The molecule has 0 aromatic carbocycles. The van der Waals surface area contributed by atoms with Gasteiger partial charge in [-0.2, -0.15) is 0 Å². The molecule has 0 saturated carbocycles. The second-order valence-corrected chi connectivity index (χ2v) is 3.40. The summed E-state index contributed by atoms with van der Waals surface area (Å²) >= 11 is 1.71. The molecule has 1 aromatic rings. The molecule has 0 saturated heterocycles. The largest absolute Gasteiger partial charge is 0.481 e. The van der Waals surface area contributed by atoms with Gasteiger partial charge >= 0.3 is 0 Å². The van der Waals surface area contributed by atoms with Crippen molar-refractivity contribution >= 4 is 28.9 Å². The highest BCUT2D eigenvalue weighted by atomic mass is 127. The van der Waals surface area contributed by atoms with E-state index in [4.69, 9.17) is 4.74 Å². The van der Waals surface area contributed by atoms with Crippen molar-refractivity contribution in [3.63, 3.8) is 0 Å². The first-order chi connectivity index (χ1) is 6.60. The second kappa shape index (κ2) is 4.63. The Hall–Kier alpha value is -0.790. The predicted molar refractivity (Wildman–Crippen MR) is 53.9 cm³/mol. The molecule has 0 N–H and O–H groups in total. The van der Waals surface area contributed by atoms with Crippen molar-refractivity contribution in [2.45, 2.75) is 6.43 Å². The molecule has 76 valence electrons. The van der Waals surface area contributed by atoms with E-state index in [9.17, 15) is 13.6 Å². The first-order valence-corrected chi connectivity index (χ1v) is 4.65. The smallest absolute Gasteiger partial charge is 0.264 e. The molecule has 14 heavy (non-hydrogen) atoms. The van der Waals surface area contributed by atoms with Crippen molar-refractivity contribution in [2.75, 3.05) is 7.11 Å². The van der Waals surface area contributed by atoms with E-state index in [0.29, 0.717) is 6.29 Å². The number of alkyl halides is 2. The summed E-state index contributed by atoms with van der Waals surface area (Å²) in [4.78, 5) is 14.3. The van der Waals surface area contributed by atoms with Crippen molar-refractivity contribution in [2.24, 2.45) is 0 Å². The third kappa shape index (κ3) is 2.17. The molecular weight excluding hydrogens is 307 g/mol. The van der Waals surface area contributed by atoms with Crippen LogP contribution < -0.4 is 4.74 Å². The first-order valence-electron chi connectivity index (χ1n) is 3.58. The van der Waals surface area contributed by atoms with Gasteiger partial charge in [0.1, 0.15) is 3.70 Å². The number of aldehydes is 1. The topological polar surface area (TPSA) is 39.2 Å². The molecule has 0 spiro atoms. The van der Waals surface area contributed by atoms with Crippen LogP contribution in [0.2, 0.25) is 0 Å². The highest BCUT2D eigenvalue weighted by molar-refractivity contribution is 14.1. The molecule has 3 nitrogen and oxygen atoms in total. The van der Waals surface area contributed by atoms with Crippen LogP contribution in [-0.4, -0.2) is 18.4 Å². The average Bonchev–Trinajstić information content (AvgIpc) is 2.16. The number of nitrogens with zero attached hydrogens (tertiary/aromatic N) is 1. The molecule has 0 atom stereocenters. The van der Waals surface area contributed by atoms with E-state index in [-0.39, 0.29) is 20.7 Å². The first kappa shape index (κ1) is 11.3. The van der Waals surface area contributed by atoms with Crippen LogP contribution >= 0.6 is 22.6 Å². The van der Waals surface area contributed by atoms with Gasteiger partial charge in [-0.25, -0.2) is 13.8 Å². The number of carbonyl (C=O) groups is 1. The van der Waals surface area contributed by atoms with Gasteiger partial charge in [0, 0.05) is 11.6 Å². The van der Waals surface area contributed by atoms with Gasteiger partial charge in [-0.1, -0.05) is 0 Å². The summed E-state index contributed by atoms with van der Waals surface area (Å²) in [5.41, 5.74) is -0.433. The molecule has 6 heteroatoms. The average molecular weight is 313 g/mol. The molecule has 0 amide bonds. The lowest BCUT2D eigenvalue weighted by Crippen LogP contribution is -2.01. The van der Waals surface area contributed by atoms with Crippen molar-refractivity contribution in [3.8, 4) is 5.88 Å². The number of carbonyl (C=O) groups excluding carboxylic acids is 1. The molecule has 0 aliphatic heterocycles. The standard InChI is InChI=1S/C8H6F2INO2/c1-14-6-2-4(7(9)10)5(3-13)8(11)12-6/h2-3,7H,1H3. The number of aromatic nitrogens is 1. The van der Waals surface area contributed by atoms with E-state index < -0.39 is 6.43 Å². The molecule has 1 rings (SSSR count). The minimum Gasteiger partial charge on any atom is -0.481 e. The molecule has 1 aromatic heterocycles. The fourth-order valence-electron chi connectivity index (χ4n) is 0.921. The van der Waals surface area contributed by atoms with E-state index in [1.807, 2.05) is 0 Å². The summed E-state index contributed by atoms with van der Waals surface area (Å²) in [6, 6.07) is 1.07. The third-order valence-electron chi connectivity index (χ3n) is 1.58. The number of methoxy groups -OCH3 is 1. The van der Waals surface area contributed by atoms with Gasteiger partial charge in [0.25, 0.3) is 6.43 Å². The normalized spacial score (nSPS) is 10.4. The van der Waals surface area contributed by atoms with Gasteiger partial charge in [-0.05, 0) is 22.6 Å². The van der Waals surface area contributed by atoms with Crippen LogP contribution in [0.3, 0.4) is 0 Å². The summed E-state index contributed by atoms with van der Waals surface area (Å²) in [5.74, 6) is 0.0790. The number of rotatable bonds is 3. The van der Waals surface area contributed by atoms with Gasteiger partial charge in [-0.15, -0.1) is 0 Å². The summed E-state index contributed by atoms with van der Waals surface area (Å²) in [7, 11) is 1.33. The van der Waals surface area contributed by atoms with Crippen LogP contribution in [0.5, 0.6) is 5.88 Å². The minimum atomic E-state index is -2.71. The zero-order chi connectivity index (χ0) is 10.7. The third-order valence-corrected chi connectivity index (χ3v) is 2.40. The SMILES string of the molecule is COc1cc(C(F)F)c(C=O)c(I)n1. The number of halogens is 3. The predicted octanol–water partition coefficient (Wildman–Crippen LogP) is 2.44. The van der Waals surface area contributed by atoms with Crippen LogP contribution in [0, 0.1) is 3.70 Å². The van der Waals surface area contributed by atoms with Gasteiger partial charge in [-0.3, -0.25) is 4.79 Å². The highest BCUT2D eigenvalue weighted by Crippen LogP contribution is 2.27. The Morgan fingerprint density at radius 1 is 1.64 bits per heavy atom. The maximum absolute atomic E-state index is 12.5. The van der Waals surface area contributed by atoms with Crippen LogP contribution in [0.25, 0.3) is 0 Å². The van der Waals surface area contributed by atoms with Gasteiger partial charge in [0.15, 0.2) is 6.29 Å². The number of pyridine rings is 1. The van der Waals surface area contributed by atoms with E-state index in [1.54, 1.807) is 22.6 Å². The molecule has 1 heterocycles. The lowest BCUT2D eigenvalue weighted by molar-refractivity contribution is 0.110. The Bertz CT molecular complexity index is 357. The molecule has 0 aliphatic carbocycles. The van der Waals surface area contributed by atoms with Gasteiger partial charge < -0.3 is 4.74 Å². The summed E-state index contributed by atoms with van der Waals surface area (Å²) in [6.45, 7) is 0. The molecular formula is C8H6F2INO2. The zero-order valence-corrected chi connectivity index (χ0v) is 9.29. The lowest BCUT2D eigenvalue weighted by Gasteiger charge is -2.07. The molecule has 0 aliphatic rings. The summed E-state index contributed by atoms with van der Waals surface area (Å²) in [6.07, 6.45) is -2.34. The van der Waals surface area contributed by atoms with E-state index in [0.717, 1.165) is 6.07 Å². The Kier molecular flexibility index (Phi) is 3.73. The molecule has 0 radical (unpaired) electrons. The maximum Gasteiger partial charge on any atom is 0.264 e. The highest BCUT2D eigenvalue weighted by Gasteiger charge is 2.17. The Labute approximate surface area is 92.6 Å². The van der Waals surface area contributed by atoms with Crippen LogP contribution in [0.1, 0.15) is 22.3 Å². The van der Waals surface area contributed by atoms with E-state index in [2.05, 4.69) is 4.98 Å². The van der Waals surface area contributed by atoms with Crippen LogP contribution in [0.15, 0.2) is 6.07 Å². The van der Waals surface area contributed by atoms with Crippen molar-refractivity contribution in [1.29, 1.82) is 0 Å². The molecule has 0 bridgehead atoms. The Morgan fingerprint density at radius 3 is 2.71 bits per heavy atom. The van der Waals surface area contributed by atoms with E-state index >= 15 is 0 Å². The quantitative estimate of drug-likeness (QED) is 0.489. The summed E-state index contributed by atoms with van der Waals surface area (Å²) < 4.78 is 29.9. The van der Waals surface area contributed by atoms with Crippen molar-refractivity contribution < 1.29 is 18.3 Å². The fourth-order valence-corrected chi connectivity index (χ4v) is 1.60. The fraction of sp³-hybridized carbons (Fsp3) is 0.250. The van der Waals surface area contributed by atoms with Gasteiger partial charge in [0.2, 0.25) is 5.88 Å². The summed E-state index contributed by atoms with van der Waals surface area (Å²) in [5, 5.41) is 0. The number of ether oxygens (including phenoxy) is 1. The monoisotopic (exact) mass is 313 g/mol. The Morgan fingerprint density at radius 2 is 2.29 bits per heavy atom. The second-order valence-electron chi connectivity index (χ2n) is 2.38. The minimum absolute atomic E-state index is 0.0790. The van der Waals surface area contributed by atoms with Crippen LogP contribution in [-0.2, 0) is 0 Å². The van der Waals surface area contributed by atoms with Crippen molar-refractivity contribution in [1.82, 2.24) is 4.98 Å². The van der Waals surface area contributed by atoms with E-state index in [1.165, 1.54) is 7.11 Å². The van der Waals surface area contributed by atoms with Gasteiger partial charge in [0.05, 0.1) is 12.7 Å². The maximum atomic E-state index is 12.5. The van der Waals surface area contributed by atoms with Crippen LogP contribution in [0.4, 0.5) is 8.78 Å². The number of hydrogen-bond donors (Lipinski definition) is 0. The number of hydrogen-bond acceptors (Lipinski definition) is 3.